The van der Waals surface area contributed by atoms with Crippen LogP contribution in [0.2, 0.25) is 0 Å². The second-order valence-corrected chi connectivity index (χ2v) is 29.2. The third-order valence-corrected chi connectivity index (χ3v) is 20.2. The average Bonchev–Trinajstić information content (AvgIpc) is 1.50. The van der Waals surface area contributed by atoms with Crippen LogP contribution in [0.5, 0.6) is 11.5 Å². The van der Waals surface area contributed by atoms with Gasteiger partial charge in [-0.1, -0.05) is 274 Å². The zero-order chi connectivity index (χ0) is 65.4. The Morgan fingerprint density at radius 1 is 0.402 bits per heavy atom. The minimum atomic E-state index is -0.594. The van der Waals surface area contributed by atoms with Gasteiger partial charge in [0.15, 0.2) is 0 Å². The number of aromatic nitrogens is 2. The van der Waals surface area contributed by atoms with E-state index in [1.54, 1.807) is 0 Å². The molecule has 0 saturated heterocycles. The largest absolute Gasteiger partial charge is 0.509 e. The normalized spacial score (nSPS) is 13.5. The van der Waals surface area contributed by atoms with E-state index in [4.69, 9.17) is 9.72 Å². The van der Waals surface area contributed by atoms with E-state index in [-0.39, 0.29) is 37.3 Å². The fraction of sp³-hybridized carbons (Fsp3) is 0.143. The number of anilines is 4. The van der Waals surface area contributed by atoms with E-state index in [9.17, 15) is 0 Å². The van der Waals surface area contributed by atoms with Crippen LogP contribution >= 0.6 is 0 Å². The van der Waals surface area contributed by atoms with E-state index < -0.39 is 5.41 Å². The first-order valence-corrected chi connectivity index (χ1v) is 33.6. The standard InChI is InChI=1S/C91H73N4O.Pt/c1-88(2,3)63-32-22-30-61(51-63)69-40-25-39-68(60-29-21-28-59(50-60)58-26-11-10-12-27-58)87(69)94-57-93(80-44-19-20-45-81(80)94)65-34-24-35-66(53-65)96-67-46-47-74-83(54-67)95(84-55-79(90(7,8)9)75(56-92-84)62-31-23-33-64(52-62)89(4,5)6)82-49-48-73-72-38-15-18-43-78(72)91(86(73)85(74)82)76-41-16-13-36-70(76)71-37-14-17-42-77(71)91;/h10-52,55-57H,1-9H3;/q-3;. The fourth-order valence-corrected chi connectivity index (χ4v) is 15.6. The molecule has 14 aromatic rings. The molecule has 1 aliphatic heterocycles. The Balaban J connectivity index is 0.00000738. The minimum Gasteiger partial charge on any atom is -0.509 e. The van der Waals surface area contributed by atoms with E-state index in [0.717, 1.165) is 78.4 Å². The number of para-hydroxylation sites is 3. The monoisotopic (exact) mass is 1430 g/mol. The summed E-state index contributed by atoms with van der Waals surface area (Å²) in [6.07, 6.45) is 2.10. The molecule has 97 heavy (non-hydrogen) atoms. The van der Waals surface area contributed by atoms with Gasteiger partial charge in [-0.2, -0.15) is 12.1 Å². The Morgan fingerprint density at radius 3 is 1.54 bits per heavy atom. The maximum absolute atomic E-state index is 7.14. The number of pyridine rings is 1. The van der Waals surface area contributed by atoms with E-state index in [1.165, 1.54) is 77.7 Å². The topological polar surface area (TPSA) is 33.5 Å². The molecule has 3 heterocycles. The maximum Gasteiger partial charge on any atom is 0.135 e. The van der Waals surface area contributed by atoms with Crippen molar-refractivity contribution in [1.82, 2.24) is 9.55 Å². The van der Waals surface area contributed by atoms with Crippen molar-refractivity contribution in [3.63, 3.8) is 0 Å². The third kappa shape index (κ3) is 10.0. The predicted octanol–water partition coefficient (Wildman–Crippen LogP) is 23.9. The van der Waals surface area contributed by atoms with Crippen molar-refractivity contribution in [3.8, 4) is 84.1 Å². The number of nitrogens with zero attached hydrogens (tertiary/aromatic N) is 4. The third-order valence-electron chi connectivity index (χ3n) is 20.2. The van der Waals surface area contributed by atoms with Gasteiger partial charge in [0.05, 0.1) is 5.41 Å². The molecule has 5 nitrogen and oxygen atoms in total. The molecule has 0 radical (unpaired) electrons. The summed E-state index contributed by atoms with van der Waals surface area (Å²) in [4.78, 5) is 10.1. The molecule has 0 fully saturated rings. The van der Waals surface area contributed by atoms with Crippen LogP contribution in [0.3, 0.4) is 0 Å². The summed E-state index contributed by atoms with van der Waals surface area (Å²) >= 11 is 0. The van der Waals surface area contributed by atoms with Crippen molar-refractivity contribution in [2.45, 2.75) is 84.0 Å². The van der Waals surface area contributed by atoms with Crippen LogP contribution in [0.4, 0.5) is 22.7 Å². The molecule has 0 bridgehead atoms. The van der Waals surface area contributed by atoms with Gasteiger partial charge in [-0.05, 0) is 141 Å². The number of hydrogen-bond acceptors (Lipinski definition) is 4. The van der Waals surface area contributed by atoms with Crippen molar-refractivity contribution in [2.24, 2.45) is 0 Å². The minimum absolute atomic E-state index is 0. The first kappa shape index (κ1) is 61.5. The van der Waals surface area contributed by atoms with Crippen LogP contribution in [-0.4, -0.2) is 9.55 Å². The first-order chi connectivity index (χ1) is 46.5. The molecule has 2 aromatic heterocycles. The van der Waals surface area contributed by atoms with Gasteiger partial charge < -0.3 is 19.1 Å². The number of benzene rings is 12. The average molecular weight is 1430 g/mol. The summed E-state index contributed by atoms with van der Waals surface area (Å²) in [5.41, 5.74) is 28.2. The summed E-state index contributed by atoms with van der Waals surface area (Å²) in [6.45, 7) is 22.9. The summed E-state index contributed by atoms with van der Waals surface area (Å²) in [6, 6.07) is 106. The molecule has 1 spiro atoms. The Morgan fingerprint density at radius 2 is 0.907 bits per heavy atom. The summed E-state index contributed by atoms with van der Waals surface area (Å²) in [5, 5.41) is 2.24. The molecule has 6 heteroatoms. The maximum atomic E-state index is 7.14. The van der Waals surface area contributed by atoms with Crippen LogP contribution in [0.15, 0.2) is 273 Å². The van der Waals surface area contributed by atoms with Gasteiger partial charge in [0.25, 0.3) is 0 Å². The predicted molar refractivity (Wildman–Crippen MR) is 398 cm³/mol. The van der Waals surface area contributed by atoms with E-state index in [1.807, 2.05) is 6.07 Å². The smallest absolute Gasteiger partial charge is 0.135 e. The molecule has 17 rings (SSSR count). The Hall–Kier alpha value is -10.3. The summed E-state index contributed by atoms with van der Waals surface area (Å²) in [7, 11) is 0. The zero-order valence-corrected chi connectivity index (χ0v) is 58.3. The number of hydrogen-bond donors (Lipinski definition) is 0. The van der Waals surface area contributed by atoms with Gasteiger partial charge in [0.1, 0.15) is 5.82 Å². The molecule has 0 amide bonds. The van der Waals surface area contributed by atoms with Gasteiger partial charge >= 0.3 is 0 Å². The molecule has 0 N–H and O–H groups in total. The van der Waals surface area contributed by atoms with Gasteiger partial charge in [0, 0.05) is 78.0 Å². The molecule has 2 aliphatic carbocycles. The van der Waals surface area contributed by atoms with Crippen molar-refractivity contribution in [3.05, 3.63) is 331 Å². The SMILES string of the molecule is CC(C)(C)c1cccc(-c2cnc(-n3c4[c-]c(Oc5[c-]c(N6[CH-]N(c7c(-c8cccc(-c9ccccc9)c8)cccc7-c7cccc(C(C)(C)C)c7)c7ccccc76)ccc5)ccc4c4c5c(ccc43)-c3ccccc3C53c4ccccc4-c4ccccc43)cc2C(C)(C)C)c1.[Pt]. The fourth-order valence-electron chi connectivity index (χ4n) is 15.6. The number of rotatable bonds is 9. The van der Waals surface area contributed by atoms with Crippen LogP contribution in [0, 0.1) is 18.8 Å². The zero-order valence-electron chi connectivity index (χ0n) is 56.1. The second-order valence-electron chi connectivity index (χ2n) is 29.2. The number of ether oxygens (including phenoxy) is 1. The Kier molecular flexibility index (Phi) is 14.7. The van der Waals surface area contributed by atoms with Crippen molar-refractivity contribution >= 4 is 44.6 Å². The molecule has 476 valence electrons. The summed E-state index contributed by atoms with van der Waals surface area (Å²) in [5.74, 6) is 1.95. The van der Waals surface area contributed by atoms with E-state index in [0.29, 0.717) is 11.5 Å². The van der Waals surface area contributed by atoms with Crippen LogP contribution in [0.1, 0.15) is 101 Å². The quantitative estimate of drug-likeness (QED) is 0.135. The van der Waals surface area contributed by atoms with Crippen LogP contribution in [-0.2, 0) is 42.7 Å². The van der Waals surface area contributed by atoms with Crippen molar-refractivity contribution in [2.75, 3.05) is 9.80 Å². The van der Waals surface area contributed by atoms with E-state index in [2.05, 4.69) is 363 Å². The van der Waals surface area contributed by atoms with Gasteiger partial charge in [-0.15, -0.1) is 48.1 Å². The molecule has 0 atom stereocenters. The number of fused-ring (bicyclic) bond motifs is 15. The molecule has 0 unspecified atom stereocenters. The van der Waals surface area contributed by atoms with E-state index >= 15 is 0 Å². The second kappa shape index (κ2) is 23.2. The summed E-state index contributed by atoms with van der Waals surface area (Å²) < 4.78 is 9.48. The first-order valence-electron chi connectivity index (χ1n) is 33.6. The molecule has 12 aromatic carbocycles. The molecular weight excluding hydrogens is 1360 g/mol. The molecule has 3 aliphatic rings. The Bertz CT molecular complexity index is 5400. The van der Waals surface area contributed by atoms with Gasteiger partial charge in [-0.25, -0.2) is 4.98 Å². The van der Waals surface area contributed by atoms with Gasteiger partial charge in [0.2, 0.25) is 0 Å². The van der Waals surface area contributed by atoms with Crippen molar-refractivity contribution in [1.29, 1.82) is 0 Å². The van der Waals surface area contributed by atoms with Gasteiger partial charge in [-0.3, -0.25) is 0 Å². The molecule has 0 saturated carbocycles. The molecular formula is C91H73N4OPt-3. The van der Waals surface area contributed by atoms with Crippen molar-refractivity contribution < 1.29 is 25.8 Å². The van der Waals surface area contributed by atoms with Crippen LogP contribution in [0.25, 0.3) is 94.4 Å². The van der Waals surface area contributed by atoms with Crippen LogP contribution < -0.4 is 14.5 Å². The Labute approximate surface area is 584 Å².